The van der Waals surface area contributed by atoms with Crippen LogP contribution in [-0.4, -0.2) is 31.7 Å². The van der Waals surface area contributed by atoms with Gasteiger partial charge in [0, 0.05) is 0 Å². The van der Waals surface area contributed by atoms with E-state index in [1.807, 2.05) is 0 Å². The summed E-state index contributed by atoms with van der Waals surface area (Å²) in [6.45, 7) is 9.91. The van der Waals surface area contributed by atoms with Crippen molar-refractivity contribution >= 4 is 0 Å². The first-order valence-corrected chi connectivity index (χ1v) is 8.88. The van der Waals surface area contributed by atoms with E-state index in [1.165, 1.54) is 62.5 Å². The topological polar surface area (TPSA) is 0 Å². The summed E-state index contributed by atoms with van der Waals surface area (Å²) in [7, 11) is 4.86. The second kappa shape index (κ2) is 6.22. The molecule has 3 aliphatic carbocycles. The third-order valence-electron chi connectivity index (χ3n) is 6.06. The summed E-state index contributed by atoms with van der Waals surface area (Å²) in [5, 5.41) is 0. The van der Waals surface area contributed by atoms with Crippen LogP contribution in [0.2, 0.25) is 0 Å². The van der Waals surface area contributed by atoms with Crippen molar-refractivity contribution in [3.05, 3.63) is 11.6 Å². The van der Waals surface area contributed by atoms with E-state index in [9.17, 15) is 0 Å². The highest BCUT2D eigenvalue weighted by Gasteiger charge is 2.51. The van der Waals surface area contributed by atoms with Crippen LogP contribution in [0.1, 0.15) is 65.7 Å². The van der Waals surface area contributed by atoms with Gasteiger partial charge in [-0.05, 0) is 48.5 Å². The summed E-state index contributed by atoms with van der Waals surface area (Å²) < 4.78 is 1.19. The molecule has 2 bridgehead atoms. The zero-order chi connectivity index (χ0) is 14.8. The Morgan fingerprint density at radius 1 is 1.15 bits per heavy atom. The molecule has 0 N–H and O–H groups in total. The van der Waals surface area contributed by atoms with Crippen molar-refractivity contribution < 1.29 is 4.48 Å². The van der Waals surface area contributed by atoms with Crippen LogP contribution < -0.4 is 0 Å². The highest BCUT2D eigenvalue weighted by atomic mass is 15.3. The minimum Gasteiger partial charge on any atom is -0.325 e. The van der Waals surface area contributed by atoms with Crippen molar-refractivity contribution in [1.29, 1.82) is 0 Å². The van der Waals surface area contributed by atoms with Gasteiger partial charge in [0.25, 0.3) is 0 Å². The number of likely N-dealkylation sites (N-methyl/N-ethyl adjacent to an activating group) is 1. The van der Waals surface area contributed by atoms with E-state index in [0.717, 1.165) is 11.8 Å². The monoisotopic (exact) mass is 278 g/mol. The molecule has 3 rings (SSSR count). The predicted octanol–water partition coefficient (Wildman–Crippen LogP) is 5.03. The van der Waals surface area contributed by atoms with Crippen LogP contribution in [0.4, 0.5) is 0 Å². The zero-order valence-corrected chi connectivity index (χ0v) is 14.5. The molecular formula is C19H36N+. The molecule has 1 nitrogen and oxygen atoms in total. The van der Waals surface area contributed by atoms with E-state index in [-0.39, 0.29) is 0 Å². The molecule has 0 aromatic carbocycles. The van der Waals surface area contributed by atoms with Gasteiger partial charge < -0.3 is 4.48 Å². The lowest BCUT2D eigenvalue weighted by Gasteiger charge is -2.57. The minimum atomic E-state index is 0.589. The Morgan fingerprint density at radius 2 is 1.85 bits per heavy atom. The molecule has 0 saturated heterocycles. The molecule has 2 atom stereocenters. The summed E-state index contributed by atoms with van der Waals surface area (Å²) in [6.07, 6.45) is 12.4. The molecule has 0 heterocycles. The van der Waals surface area contributed by atoms with Gasteiger partial charge in [0.1, 0.15) is 6.54 Å². The largest absolute Gasteiger partial charge is 0.325 e. The molecular weight excluding hydrogens is 242 g/mol. The van der Waals surface area contributed by atoms with Gasteiger partial charge in [-0.1, -0.05) is 46.1 Å². The first-order chi connectivity index (χ1) is 9.37. The van der Waals surface area contributed by atoms with E-state index in [0.29, 0.717) is 5.41 Å². The van der Waals surface area contributed by atoms with Gasteiger partial charge in [-0.3, -0.25) is 0 Å². The first-order valence-electron chi connectivity index (χ1n) is 8.88. The Hall–Kier alpha value is -0.300. The quantitative estimate of drug-likeness (QED) is 0.332. The van der Waals surface area contributed by atoms with E-state index in [4.69, 9.17) is 0 Å². The Bertz CT molecular complexity index is 351. The summed E-state index contributed by atoms with van der Waals surface area (Å²) in [6, 6.07) is 0. The molecule has 3 aliphatic rings. The maximum absolute atomic E-state index is 2.58. The van der Waals surface area contributed by atoms with E-state index in [1.54, 1.807) is 5.57 Å². The lowest BCUT2D eigenvalue weighted by Crippen LogP contribution is -2.52. The molecule has 0 spiro atoms. The van der Waals surface area contributed by atoms with Crippen LogP contribution >= 0.6 is 0 Å². The van der Waals surface area contributed by atoms with Gasteiger partial charge in [0.2, 0.25) is 0 Å². The fourth-order valence-corrected chi connectivity index (χ4v) is 4.37. The fourth-order valence-electron chi connectivity index (χ4n) is 4.37. The number of hydrogen-bond acceptors (Lipinski definition) is 0. The van der Waals surface area contributed by atoms with Gasteiger partial charge in [0.15, 0.2) is 0 Å². The fraction of sp³-hybridized carbons (Fsp3) is 0.895. The molecule has 0 aromatic heterocycles. The number of hydrogen-bond donors (Lipinski definition) is 0. The normalized spacial score (nSPS) is 27.9. The van der Waals surface area contributed by atoms with Gasteiger partial charge in [-0.2, -0.15) is 0 Å². The van der Waals surface area contributed by atoms with Crippen LogP contribution in [0.25, 0.3) is 0 Å². The predicted molar refractivity (Wildman–Crippen MR) is 88.7 cm³/mol. The molecule has 116 valence electrons. The van der Waals surface area contributed by atoms with Gasteiger partial charge in [-0.25, -0.2) is 0 Å². The number of quaternary nitrogens is 1. The molecule has 1 saturated carbocycles. The molecule has 20 heavy (non-hydrogen) atoms. The zero-order valence-electron chi connectivity index (χ0n) is 14.5. The lowest BCUT2D eigenvalue weighted by atomic mass is 9.49. The standard InChI is InChI=1S/C19H36N/c1-6-7-8-9-10-13-20(4,5)15-16-11-12-17-14-18(16)19(17,2)3/h11,17-18H,6-10,12-15H2,1-5H3/q+1/t17-,18-/m1/s1. The van der Waals surface area contributed by atoms with Crippen LogP contribution in [0.3, 0.4) is 0 Å². The van der Waals surface area contributed by atoms with Gasteiger partial charge in [0.05, 0.1) is 20.6 Å². The lowest BCUT2D eigenvalue weighted by molar-refractivity contribution is -0.886. The summed E-state index contributed by atoms with van der Waals surface area (Å²) >= 11 is 0. The summed E-state index contributed by atoms with van der Waals surface area (Å²) in [5.74, 6) is 1.86. The second-order valence-electron chi connectivity index (χ2n) is 8.55. The average Bonchev–Trinajstić information content (AvgIpc) is 2.37. The molecule has 0 aromatic rings. The third kappa shape index (κ3) is 3.47. The van der Waals surface area contributed by atoms with Gasteiger partial charge in [-0.15, -0.1) is 0 Å². The Balaban J connectivity index is 1.78. The van der Waals surface area contributed by atoms with Crippen LogP contribution in [0.15, 0.2) is 11.6 Å². The van der Waals surface area contributed by atoms with Crippen molar-refractivity contribution in [2.24, 2.45) is 17.3 Å². The average molecular weight is 279 g/mol. The number of nitrogens with zero attached hydrogens (tertiary/aromatic N) is 1. The van der Waals surface area contributed by atoms with Gasteiger partial charge >= 0.3 is 0 Å². The van der Waals surface area contributed by atoms with Crippen molar-refractivity contribution in [1.82, 2.24) is 0 Å². The third-order valence-corrected chi connectivity index (χ3v) is 6.06. The SMILES string of the molecule is CCCCCCC[N+](C)(C)CC1=CC[C@@H]2C[C@H]1C2(C)C. The molecule has 0 amide bonds. The molecule has 1 heteroatoms. The van der Waals surface area contributed by atoms with Crippen LogP contribution in [0, 0.1) is 17.3 Å². The number of unbranched alkanes of at least 4 members (excludes halogenated alkanes) is 4. The highest BCUT2D eigenvalue weighted by molar-refractivity contribution is 5.23. The minimum absolute atomic E-state index is 0.589. The van der Waals surface area contributed by atoms with Crippen molar-refractivity contribution in [2.75, 3.05) is 27.2 Å². The van der Waals surface area contributed by atoms with Crippen molar-refractivity contribution in [2.45, 2.75) is 65.7 Å². The van der Waals surface area contributed by atoms with Crippen LogP contribution in [-0.2, 0) is 0 Å². The molecule has 0 unspecified atom stereocenters. The Morgan fingerprint density at radius 3 is 2.45 bits per heavy atom. The maximum atomic E-state index is 2.58. The Labute approximate surface area is 127 Å². The first kappa shape index (κ1) is 16.1. The summed E-state index contributed by atoms with van der Waals surface area (Å²) in [4.78, 5) is 0. The van der Waals surface area contributed by atoms with E-state index >= 15 is 0 Å². The second-order valence-corrected chi connectivity index (χ2v) is 8.55. The molecule has 0 radical (unpaired) electrons. The smallest absolute Gasteiger partial charge is 0.100 e. The van der Waals surface area contributed by atoms with Crippen molar-refractivity contribution in [3.8, 4) is 0 Å². The molecule has 0 aliphatic heterocycles. The van der Waals surface area contributed by atoms with E-state index in [2.05, 4.69) is 40.9 Å². The summed E-state index contributed by atoms with van der Waals surface area (Å²) in [5.41, 5.74) is 2.36. The van der Waals surface area contributed by atoms with Crippen LogP contribution in [0.5, 0.6) is 0 Å². The highest BCUT2D eigenvalue weighted by Crippen LogP contribution is 2.59. The maximum Gasteiger partial charge on any atom is 0.100 e. The molecule has 1 fully saturated rings. The number of fused-ring (bicyclic) bond motifs is 1. The van der Waals surface area contributed by atoms with Crippen molar-refractivity contribution in [3.63, 3.8) is 0 Å². The number of rotatable bonds is 8. The van der Waals surface area contributed by atoms with E-state index < -0.39 is 0 Å². The Kier molecular flexibility index (Phi) is 5.00. The number of allylic oxidation sites excluding steroid dienone is 1.